The zero-order valence-corrected chi connectivity index (χ0v) is 21.5. The molecule has 4 heterocycles. The van der Waals surface area contributed by atoms with Gasteiger partial charge in [0, 0.05) is 49.9 Å². The Morgan fingerprint density at radius 2 is 1.80 bits per heavy atom. The Kier molecular flexibility index (Phi) is 8.31. The number of aromatic nitrogens is 4. The number of aryl methyl sites for hydroxylation is 1. The number of H-pyrrole nitrogens is 1. The standard InChI is InChI=1S/C18H26N8O.C6H12O2/c1-10-6-16(25-24-10)22-15-9-14(17(19)27)21-18(23-15)26(2)13-7-11-4-3-5-12(8-13)20-11;1-5(7)8-6(2,3)4/h6,9,11-13,20H,3-5,7-8H2,1-2H3,(H2,19,27)(H2,21,22,23,24,25);1-4H3/t11-,12+,13?;. The number of carbonyl (C=O) groups excluding carboxylic acids is 2. The van der Waals surface area contributed by atoms with E-state index in [1.165, 1.54) is 26.2 Å². The topological polar surface area (TPSA) is 151 Å². The molecule has 0 saturated carbocycles. The van der Waals surface area contributed by atoms with Crippen molar-refractivity contribution in [3.05, 3.63) is 23.5 Å². The van der Waals surface area contributed by atoms with E-state index >= 15 is 0 Å². The molecule has 11 nitrogen and oxygen atoms in total. The highest BCUT2D eigenvalue weighted by Gasteiger charge is 2.34. The number of rotatable bonds is 5. The van der Waals surface area contributed by atoms with E-state index in [4.69, 9.17) is 10.5 Å². The summed E-state index contributed by atoms with van der Waals surface area (Å²) >= 11 is 0. The molecule has 1 unspecified atom stereocenters. The van der Waals surface area contributed by atoms with Crippen LogP contribution in [0.3, 0.4) is 0 Å². The summed E-state index contributed by atoms with van der Waals surface area (Å²) in [4.78, 5) is 33.1. The van der Waals surface area contributed by atoms with Gasteiger partial charge in [-0.05, 0) is 53.4 Å². The number of fused-ring (bicyclic) bond motifs is 2. The second-order valence-electron chi connectivity index (χ2n) is 10.3. The second kappa shape index (κ2) is 11.0. The molecule has 2 saturated heterocycles. The van der Waals surface area contributed by atoms with Gasteiger partial charge in [0.2, 0.25) is 5.95 Å². The Morgan fingerprint density at radius 1 is 1.14 bits per heavy atom. The number of carbonyl (C=O) groups is 2. The van der Waals surface area contributed by atoms with E-state index in [-0.39, 0.29) is 17.3 Å². The molecular weight excluding hydrogens is 448 g/mol. The van der Waals surface area contributed by atoms with E-state index < -0.39 is 5.91 Å². The highest BCUT2D eigenvalue weighted by Crippen LogP contribution is 2.30. The van der Waals surface area contributed by atoms with Gasteiger partial charge in [-0.1, -0.05) is 6.42 Å². The summed E-state index contributed by atoms with van der Waals surface area (Å²) < 4.78 is 4.80. The van der Waals surface area contributed by atoms with E-state index in [0.717, 1.165) is 18.5 Å². The van der Waals surface area contributed by atoms with Crippen molar-refractivity contribution in [3.63, 3.8) is 0 Å². The van der Waals surface area contributed by atoms with Gasteiger partial charge in [-0.25, -0.2) is 4.98 Å². The minimum absolute atomic E-state index is 0.190. The molecule has 3 atom stereocenters. The van der Waals surface area contributed by atoms with Crippen LogP contribution >= 0.6 is 0 Å². The molecule has 0 aliphatic carbocycles. The lowest BCUT2D eigenvalue weighted by Crippen LogP contribution is -2.54. The Morgan fingerprint density at radius 3 is 2.29 bits per heavy atom. The van der Waals surface area contributed by atoms with E-state index in [1.807, 2.05) is 40.8 Å². The van der Waals surface area contributed by atoms with Gasteiger partial charge in [0.15, 0.2) is 5.82 Å². The lowest BCUT2D eigenvalue weighted by atomic mass is 9.83. The van der Waals surface area contributed by atoms with Crippen molar-refractivity contribution in [2.45, 2.75) is 90.4 Å². The first-order chi connectivity index (χ1) is 16.4. The number of ether oxygens (including phenoxy) is 1. The minimum atomic E-state index is -0.574. The summed E-state index contributed by atoms with van der Waals surface area (Å²) in [5.74, 6) is 0.840. The van der Waals surface area contributed by atoms with E-state index in [2.05, 4.69) is 35.7 Å². The van der Waals surface area contributed by atoms with Crippen LogP contribution in [0, 0.1) is 6.92 Å². The van der Waals surface area contributed by atoms with E-state index in [9.17, 15) is 9.59 Å². The van der Waals surface area contributed by atoms with Crippen molar-refractivity contribution >= 4 is 29.5 Å². The maximum absolute atomic E-state index is 11.8. The smallest absolute Gasteiger partial charge is 0.303 e. The first-order valence-electron chi connectivity index (χ1n) is 12.1. The van der Waals surface area contributed by atoms with Crippen LogP contribution < -0.4 is 21.3 Å². The number of nitrogens with one attached hydrogen (secondary N) is 3. The predicted molar refractivity (Wildman–Crippen MR) is 135 cm³/mol. The van der Waals surface area contributed by atoms with Gasteiger partial charge < -0.3 is 26.0 Å². The van der Waals surface area contributed by atoms with Crippen molar-refractivity contribution in [1.82, 2.24) is 25.5 Å². The number of esters is 1. The molecule has 1 amide bonds. The Bertz CT molecular complexity index is 1020. The van der Waals surface area contributed by atoms with Crippen LogP contribution in [0.15, 0.2) is 12.1 Å². The predicted octanol–water partition coefficient (Wildman–Crippen LogP) is 2.81. The lowest BCUT2D eigenvalue weighted by molar-refractivity contribution is -0.151. The number of hydrogen-bond acceptors (Lipinski definition) is 9. The van der Waals surface area contributed by atoms with Gasteiger partial charge in [0.25, 0.3) is 5.91 Å². The fraction of sp³-hybridized carbons (Fsp3) is 0.625. The highest BCUT2D eigenvalue weighted by atomic mass is 16.6. The molecule has 0 spiro atoms. The molecule has 2 fully saturated rings. The molecule has 4 rings (SSSR count). The molecule has 2 aliphatic heterocycles. The fourth-order valence-electron chi connectivity index (χ4n) is 4.54. The van der Waals surface area contributed by atoms with Crippen LogP contribution in [0.2, 0.25) is 0 Å². The number of nitrogens with zero attached hydrogens (tertiary/aromatic N) is 4. The maximum atomic E-state index is 11.8. The molecule has 2 aromatic heterocycles. The minimum Gasteiger partial charge on any atom is -0.460 e. The zero-order chi connectivity index (χ0) is 25.8. The van der Waals surface area contributed by atoms with Crippen molar-refractivity contribution < 1.29 is 14.3 Å². The van der Waals surface area contributed by atoms with Crippen molar-refractivity contribution in [2.24, 2.45) is 5.73 Å². The van der Waals surface area contributed by atoms with Crippen LogP contribution in [-0.4, -0.2) is 62.8 Å². The zero-order valence-electron chi connectivity index (χ0n) is 21.5. The first kappa shape index (κ1) is 26.4. The van der Waals surface area contributed by atoms with Crippen molar-refractivity contribution in [2.75, 3.05) is 17.3 Å². The van der Waals surface area contributed by atoms with Crippen molar-refractivity contribution in [1.29, 1.82) is 0 Å². The summed E-state index contributed by atoms with van der Waals surface area (Å²) in [5.41, 5.74) is 6.29. The summed E-state index contributed by atoms with van der Waals surface area (Å²) in [6.45, 7) is 8.85. The summed E-state index contributed by atoms with van der Waals surface area (Å²) in [7, 11) is 1.99. The average molecular weight is 487 g/mol. The largest absolute Gasteiger partial charge is 0.460 e. The Hall–Kier alpha value is -3.21. The van der Waals surface area contributed by atoms with Gasteiger partial charge in [-0.2, -0.15) is 10.1 Å². The SMILES string of the molecule is CC(=O)OC(C)(C)C.Cc1cc(Nc2cc(C(N)=O)nc(N(C)C3C[C@H]4CCC[C@@H](C3)N4)n2)n[nH]1. The number of nitrogens with two attached hydrogens (primary N) is 1. The normalized spacial score (nSPS) is 21.4. The number of amides is 1. The van der Waals surface area contributed by atoms with Crippen LogP contribution in [0.25, 0.3) is 0 Å². The fourth-order valence-corrected chi connectivity index (χ4v) is 4.54. The van der Waals surface area contributed by atoms with E-state index in [1.54, 1.807) is 6.07 Å². The second-order valence-corrected chi connectivity index (χ2v) is 10.3. The molecular formula is C24H38N8O3. The molecule has 11 heteroatoms. The molecule has 35 heavy (non-hydrogen) atoms. The molecule has 2 bridgehead atoms. The first-order valence-corrected chi connectivity index (χ1v) is 12.1. The quantitative estimate of drug-likeness (QED) is 0.468. The highest BCUT2D eigenvalue weighted by molar-refractivity contribution is 5.92. The molecule has 2 aromatic rings. The summed E-state index contributed by atoms with van der Waals surface area (Å²) in [6.07, 6.45) is 5.84. The van der Waals surface area contributed by atoms with Gasteiger partial charge in [0.05, 0.1) is 0 Å². The number of aromatic amines is 1. The van der Waals surface area contributed by atoms with Gasteiger partial charge >= 0.3 is 5.97 Å². The maximum Gasteiger partial charge on any atom is 0.303 e. The van der Waals surface area contributed by atoms with Gasteiger partial charge in [-0.3, -0.25) is 14.7 Å². The summed E-state index contributed by atoms with van der Waals surface area (Å²) in [6, 6.07) is 4.86. The Labute approximate surface area is 206 Å². The van der Waals surface area contributed by atoms with E-state index in [0.29, 0.717) is 35.7 Å². The van der Waals surface area contributed by atoms with Crippen molar-refractivity contribution in [3.8, 4) is 0 Å². The number of anilines is 3. The summed E-state index contributed by atoms with van der Waals surface area (Å²) in [5, 5.41) is 13.8. The number of hydrogen-bond donors (Lipinski definition) is 4. The van der Waals surface area contributed by atoms with Crippen LogP contribution in [0.5, 0.6) is 0 Å². The van der Waals surface area contributed by atoms with Gasteiger partial charge in [-0.15, -0.1) is 0 Å². The molecule has 2 aliphatic rings. The van der Waals surface area contributed by atoms with Crippen LogP contribution in [0.1, 0.15) is 76.0 Å². The molecule has 0 radical (unpaired) electrons. The third-order valence-corrected chi connectivity index (χ3v) is 5.93. The molecule has 192 valence electrons. The average Bonchev–Trinajstić information content (AvgIpc) is 3.15. The molecule has 5 N–H and O–H groups in total. The third kappa shape index (κ3) is 7.91. The van der Waals surface area contributed by atoms with Crippen LogP contribution in [0.4, 0.5) is 17.6 Å². The van der Waals surface area contributed by atoms with Gasteiger partial charge in [0.1, 0.15) is 17.1 Å². The lowest BCUT2D eigenvalue weighted by Gasteiger charge is -2.43. The third-order valence-electron chi connectivity index (χ3n) is 5.93. The number of piperidine rings is 2. The number of primary amides is 1. The van der Waals surface area contributed by atoms with Crippen LogP contribution in [-0.2, 0) is 9.53 Å². The molecule has 0 aromatic carbocycles. The Balaban J connectivity index is 0.000000371. The monoisotopic (exact) mass is 486 g/mol.